The summed E-state index contributed by atoms with van der Waals surface area (Å²) in [6, 6.07) is 11.5. The number of hydrogen-bond acceptors (Lipinski definition) is 2. The molecule has 2 nitrogen and oxygen atoms in total. The maximum absolute atomic E-state index is 3.37. The summed E-state index contributed by atoms with van der Waals surface area (Å²) in [5.74, 6) is 0.750. The van der Waals surface area contributed by atoms with Gasteiger partial charge in [0.1, 0.15) is 0 Å². The standard InChI is InChI=1S/C18H32N2/c1-15(2)12-16(3)20(6)14-18(4,13-19-5)17-10-8-7-9-11-17/h7-11,15-16,19H,12-14H2,1-6H3. The predicted molar refractivity (Wildman–Crippen MR) is 89.3 cm³/mol. The minimum atomic E-state index is 0.149. The monoisotopic (exact) mass is 276 g/mol. The Morgan fingerprint density at radius 2 is 1.75 bits per heavy atom. The third-order valence-electron chi connectivity index (χ3n) is 4.20. The lowest BCUT2D eigenvalue weighted by Crippen LogP contribution is -2.46. The fourth-order valence-corrected chi connectivity index (χ4v) is 3.05. The van der Waals surface area contributed by atoms with Crippen LogP contribution in [0.15, 0.2) is 30.3 Å². The highest BCUT2D eigenvalue weighted by Crippen LogP contribution is 2.25. The van der Waals surface area contributed by atoms with E-state index in [1.165, 1.54) is 12.0 Å². The highest BCUT2D eigenvalue weighted by molar-refractivity contribution is 5.25. The van der Waals surface area contributed by atoms with E-state index in [9.17, 15) is 0 Å². The Kier molecular flexibility index (Phi) is 6.70. The minimum Gasteiger partial charge on any atom is -0.319 e. The second-order valence-corrected chi connectivity index (χ2v) is 6.85. The zero-order valence-corrected chi connectivity index (χ0v) is 14.1. The fourth-order valence-electron chi connectivity index (χ4n) is 3.05. The Hall–Kier alpha value is -0.860. The molecule has 1 aromatic carbocycles. The van der Waals surface area contributed by atoms with E-state index in [-0.39, 0.29) is 5.41 Å². The molecule has 1 rings (SSSR count). The zero-order chi connectivity index (χ0) is 15.2. The molecular formula is C18H32N2. The van der Waals surface area contributed by atoms with E-state index in [2.05, 4.69) is 75.3 Å². The van der Waals surface area contributed by atoms with E-state index >= 15 is 0 Å². The van der Waals surface area contributed by atoms with Gasteiger partial charge in [-0.25, -0.2) is 0 Å². The molecule has 0 aliphatic rings. The first-order valence-electron chi connectivity index (χ1n) is 7.79. The maximum atomic E-state index is 3.37. The van der Waals surface area contributed by atoms with Crippen molar-refractivity contribution >= 4 is 0 Å². The van der Waals surface area contributed by atoms with Crippen LogP contribution in [0.4, 0.5) is 0 Å². The number of likely N-dealkylation sites (N-methyl/N-ethyl adjacent to an activating group) is 2. The molecule has 0 aliphatic carbocycles. The van der Waals surface area contributed by atoms with Gasteiger partial charge < -0.3 is 10.2 Å². The van der Waals surface area contributed by atoms with Crippen LogP contribution in [0.3, 0.4) is 0 Å². The van der Waals surface area contributed by atoms with Crippen LogP contribution in [0, 0.1) is 5.92 Å². The Morgan fingerprint density at radius 1 is 1.15 bits per heavy atom. The summed E-state index contributed by atoms with van der Waals surface area (Å²) in [4.78, 5) is 2.50. The Labute approximate surface area is 125 Å². The molecule has 0 amide bonds. The molecule has 0 radical (unpaired) electrons. The van der Waals surface area contributed by atoms with Crippen LogP contribution in [-0.4, -0.2) is 38.1 Å². The first-order valence-corrected chi connectivity index (χ1v) is 7.79. The molecule has 1 aromatic rings. The van der Waals surface area contributed by atoms with Crippen molar-refractivity contribution in [3.8, 4) is 0 Å². The van der Waals surface area contributed by atoms with Crippen LogP contribution in [0.2, 0.25) is 0 Å². The SMILES string of the molecule is CNCC(C)(CN(C)C(C)CC(C)C)c1ccccc1. The lowest BCUT2D eigenvalue weighted by atomic mass is 9.81. The average Bonchev–Trinajstić information content (AvgIpc) is 2.39. The maximum Gasteiger partial charge on any atom is 0.0176 e. The van der Waals surface area contributed by atoms with Gasteiger partial charge in [-0.15, -0.1) is 0 Å². The van der Waals surface area contributed by atoms with Gasteiger partial charge in [0.05, 0.1) is 0 Å². The summed E-state index contributed by atoms with van der Waals surface area (Å²) >= 11 is 0. The van der Waals surface area contributed by atoms with E-state index in [0.29, 0.717) is 6.04 Å². The summed E-state index contributed by atoms with van der Waals surface area (Å²) in [7, 11) is 4.29. The molecule has 0 aliphatic heterocycles. The Morgan fingerprint density at radius 3 is 2.25 bits per heavy atom. The smallest absolute Gasteiger partial charge is 0.0176 e. The number of rotatable bonds is 8. The summed E-state index contributed by atoms with van der Waals surface area (Å²) in [6.45, 7) is 11.4. The van der Waals surface area contributed by atoms with Crippen molar-refractivity contribution in [3.63, 3.8) is 0 Å². The van der Waals surface area contributed by atoms with Gasteiger partial charge in [-0.2, -0.15) is 0 Å². The van der Waals surface area contributed by atoms with Crippen LogP contribution in [-0.2, 0) is 5.41 Å². The van der Waals surface area contributed by atoms with E-state index in [1.54, 1.807) is 0 Å². The molecule has 0 bridgehead atoms. The molecule has 2 unspecified atom stereocenters. The predicted octanol–water partition coefficient (Wildman–Crippen LogP) is 3.53. The first-order chi connectivity index (χ1) is 9.39. The highest BCUT2D eigenvalue weighted by atomic mass is 15.1. The van der Waals surface area contributed by atoms with Crippen LogP contribution in [0.25, 0.3) is 0 Å². The Bertz CT molecular complexity index is 374. The number of nitrogens with zero attached hydrogens (tertiary/aromatic N) is 1. The molecule has 20 heavy (non-hydrogen) atoms. The van der Waals surface area contributed by atoms with E-state index in [4.69, 9.17) is 0 Å². The molecule has 0 aromatic heterocycles. The van der Waals surface area contributed by atoms with Gasteiger partial charge in [-0.1, -0.05) is 51.1 Å². The number of hydrogen-bond donors (Lipinski definition) is 1. The molecule has 2 atom stereocenters. The van der Waals surface area contributed by atoms with Gasteiger partial charge >= 0.3 is 0 Å². The summed E-state index contributed by atoms with van der Waals surface area (Å²) in [5, 5.41) is 3.37. The molecule has 0 saturated heterocycles. The van der Waals surface area contributed by atoms with Gasteiger partial charge in [-0.3, -0.25) is 0 Å². The molecule has 2 heteroatoms. The normalized spacial score (nSPS) is 16.4. The number of benzene rings is 1. The molecule has 0 heterocycles. The van der Waals surface area contributed by atoms with Crippen molar-refractivity contribution in [3.05, 3.63) is 35.9 Å². The molecule has 0 spiro atoms. The van der Waals surface area contributed by atoms with Gasteiger partial charge in [0.15, 0.2) is 0 Å². The van der Waals surface area contributed by atoms with Crippen LogP contribution in [0.5, 0.6) is 0 Å². The van der Waals surface area contributed by atoms with Crippen molar-refractivity contribution in [2.75, 3.05) is 27.2 Å². The molecular weight excluding hydrogens is 244 g/mol. The van der Waals surface area contributed by atoms with Gasteiger partial charge in [-0.05, 0) is 38.9 Å². The first kappa shape index (κ1) is 17.2. The second kappa shape index (κ2) is 7.80. The largest absolute Gasteiger partial charge is 0.319 e. The average molecular weight is 276 g/mol. The lowest BCUT2D eigenvalue weighted by molar-refractivity contribution is 0.182. The van der Waals surface area contributed by atoms with E-state index in [0.717, 1.165) is 19.0 Å². The molecule has 0 saturated carbocycles. The molecule has 114 valence electrons. The molecule has 0 fully saturated rings. The van der Waals surface area contributed by atoms with Crippen molar-refractivity contribution in [2.45, 2.75) is 45.6 Å². The fraction of sp³-hybridized carbons (Fsp3) is 0.667. The van der Waals surface area contributed by atoms with Crippen molar-refractivity contribution < 1.29 is 0 Å². The lowest BCUT2D eigenvalue weighted by Gasteiger charge is -2.37. The van der Waals surface area contributed by atoms with Crippen molar-refractivity contribution in [1.29, 1.82) is 0 Å². The molecule has 1 N–H and O–H groups in total. The Balaban J connectivity index is 2.81. The van der Waals surface area contributed by atoms with Crippen molar-refractivity contribution in [2.24, 2.45) is 5.92 Å². The van der Waals surface area contributed by atoms with E-state index < -0.39 is 0 Å². The zero-order valence-electron chi connectivity index (χ0n) is 14.1. The summed E-state index contributed by atoms with van der Waals surface area (Å²) < 4.78 is 0. The van der Waals surface area contributed by atoms with Gasteiger partial charge in [0.25, 0.3) is 0 Å². The van der Waals surface area contributed by atoms with Gasteiger partial charge in [0.2, 0.25) is 0 Å². The quantitative estimate of drug-likeness (QED) is 0.781. The van der Waals surface area contributed by atoms with Crippen molar-refractivity contribution in [1.82, 2.24) is 10.2 Å². The summed E-state index contributed by atoms with van der Waals surface area (Å²) in [6.07, 6.45) is 1.25. The van der Waals surface area contributed by atoms with Crippen LogP contribution >= 0.6 is 0 Å². The minimum absolute atomic E-state index is 0.149. The third kappa shape index (κ3) is 4.92. The van der Waals surface area contributed by atoms with Crippen LogP contribution in [0.1, 0.15) is 39.7 Å². The van der Waals surface area contributed by atoms with Gasteiger partial charge in [0, 0.05) is 24.5 Å². The van der Waals surface area contributed by atoms with E-state index in [1.807, 2.05) is 7.05 Å². The summed E-state index contributed by atoms with van der Waals surface area (Å²) in [5.41, 5.74) is 1.56. The topological polar surface area (TPSA) is 15.3 Å². The third-order valence-corrected chi connectivity index (χ3v) is 4.20. The van der Waals surface area contributed by atoms with Crippen LogP contribution < -0.4 is 5.32 Å². The highest BCUT2D eigenvalue weighted by Gasteiger charge is 2.28. The second-order valence-electron chi connectivity index (χ2n) is 6.85. The number of nitrogens with one attached hydrogen (secondary N) is 1.